The highest BCUT2D eigenvalue weighted by Crippen LogP contribution is 2.27. The van der Waals surface area contributed by atoms with Crippen LogP contribution in [0.3, 0.4) is 0 Å². The zero-order valence-corrected chi connectivity index (χ0v) is 15.2. The van der Waals surface area contributed by atoms with E-state index in [2.05, 4.69) is 52.9 Å². The van der Waals surface area contributed by atoms with Gasteiger partial charge < -0.3 is 10.6 Å². The van der Waals surface area contributed by atoms with Crippen molar-refractivity contribution in [3.05, 3.63) is 30.6 Å². The summed E-state index contributed by atoms with van der Waals surface area (Å²) in [5, 5.41) is 8.42. The van der Waals surface area contributed by atoms with Crippen LogP contribution in [-0.4, -0.2) is 38.1 Å². The van der Waals surface area contributed by atoms with Gasteiger partial charge in [-0.1, -0.05) is 45.0 Å². The van der Waals surface area contributed by atoms with Gasteiger partial charge in [-0.2, -0.15) is 4.68 Å². The Balaban J connectivity index is 2.07. The van der Waals surface area contributed by atoms with E-state index in [0.717, 1.165) is 29.9 Å². The van der Waals surface area contributed by atoms with Crippen LogP contribution in [0.25, 0.3) is 16.9 Å². The minimum absolute atomic E-state index is 0.503. The van der Waals surface area contributed by atoms with Gasteiger partial charge in [0, 0.05) is 13.1 Å². The largest absolute Gasteiger partial charge is 0.393 e. The van der Waals surface area contributed by atoms with Crippen molar-refractivity contribution >= 4 is 22.5 Å². The maximum absolute atomic E-state index is 6.46. The number of nitrogen functional groups attached to an aromatic ring is 1. The first-order valence-electron chi connectivity index (χ1n) is 8.63. The smallest absolute Gasteiger partial charge is 0.184 e. The Morgan fingerprint density at radius 3 is 2.40 bits per heavy atom. The van der Waals surface area contributed by atoms with Crippen molar-refractivity contribution in [3.8, 4) is 5.82 Å². The van der Waals surface area contributed by atoms with Gasteiger partial charge in [0.05, 0.1) is 5.52 Å². The summed E-state index contributed by atoms with van der Waals surface area (Å²) in [5.41, 5.74) is 8.67. The van der Waals surface area contributed by atoms with Crippen molar-refractivity contribution in [1.29, 1.82) is 0 Å². The highest BCUT2D eigenvalue weighted by molar-refractivity contribution is 5.79. The second kappa shape index (κ2) is 7.04. The molecule has 132 valence electrons. The van der Waals surface area contributed by atoms with Gasteiger partial charge in [-0.15, -0.1) is 5.10 Å². The average Bonchev–Trinajstić information content (AvgIpc) is 2.97. The molecule has 2 aromatic heterocycles. The summed E-state index contributed by atoms with van der Waals surface area (Å²) in [4.78, 5) is 11.1. The fourth-order valence-corrected chi connectivity index (χ4v) is 2.95. The van der Waals surface area contributed by atoms with Crippen LogP contribution in [0, 0.1) is 11.8 Å². The van der Waals surface area contributed by atoms with E-state index in [1.807, 2.05) is 24.3 Å². The van der Waals surface area contributed by atoms with Crippen molar-refractivity contribution in [2.45, 2.75) is 27.7 Å². The van der Waals surface area contributed by atoms with Crippen molar-refractivity contribution in [1.82, 2.24) is 25.0 Å². The number of nitrogens with two attached hydrogens (primary N) is 1. The molecule has 0 atom stereocenters. The van der Waals surface area contributed by atoms with E-state index in [4.69, 9.17) is 5.73 Å². The number of para-hydroxylation sites is 1. The van der Waals surface area contributed by atoms with Gasteiger partial charge in [0.1, 0.15) is 17.5 Å². The molecule has 3 rings (SSSR count). The summed E-state index contributed by atoms with van der Waals surface area (Å²) in [6.45, 7) is 10.5. The van der Waals surface area contributed by atoms with Crippen LogP contribution in [-0.2, 0) is 0 Å². The lowest BCUT2D eigenvalue weighted by Gasteiger charge is -2.28. The molecule has 2 N–H and O–H groups in total. The average molecular weight is 339 g/mol. The molecule has 0 radical (unpaired) electrons. The first-order chi connectivity index (χ1) is 12.0. The number of anilines is 2. The zero-order chi connectivity index (χ0) is 18.0. The molecular weight excluding hydrogens is 314 g/mol. The van der Waals surface area contributed by atoms with Crippen LogP contribution in [0.2, 0.25) is 0 Å². The van der Waals surface area contributed by atoms with E-state index >= 15 is 0 Å². The molecule has 0 bridgehead atoms. The first-order valence-corrected chi connectivity index (χ1v) is 8.63. The fourth-order valence-electron chi connectivity index (χ4n) is 2.95. The van der Waals surface area contributed by atoms with Gasteiger partial charge >= 0.3 is 0 Å². The molecule has 0 aliphatic rings. The van der Waals surface area contributed by atoms with E-state index in [-0.39, 0.29) is 0 Å². The molecule has 0 spiro atoms. The van der Waals surface area contributed by atoms with E-state index < -0.39 is 0 Å². The molecule has 0 aliphatic heterocycles. The number of rotatable bonds is 6. The standard InChI is InChI=1S/C18H25N7/c1-12(2)9-24(10-13(3)4)17-16(19)18(21-11-20-17)25-15-8-6-5-7-14(15)22-23-25/h5-8,11-13H,9-10,19H2,1-4H3. The maximum atomic E-state index is 6.46. The third kappa shape index (κ3) is 3.55. The molecule has 0 unspecified atom stereocenters. The summed E-state index contributed by atoms with van der Waals surface area (Å²) < 4.78 is 1.68. The molecule has 25 heavy (non-hydrogen) atoms. The third-order valence-electron chi connectivity index (χ3n) is 3.86. The molecule has 0 aliphatic carbocycles. The van der Waals surface area contributed by atoms with Crippen LogP contribution in [0.15, 0.2) is 30.6 Å². The quantitative estimate of drug-likeness (QED) is 0.743. The molecule has 0 saturated carbocycles. The Bertz CT molecular complexity index is 844. The highest BCUT2D eigenvalue weighted by atomic mass is 15.4. The van der Waals surface area contributed by atoms with Crippen molar-refractivity contribution in [2.24, 2.45) is 11.8 Å². The number of hydrogen-bond acceptors (Lipinski definition) is 6. The van der Waals surface area contributed by atoms with Gasteiger partial charge in [0.25, 0.3) is 0 Å². The molecule has 3 aromatic rings. The van der Waals surface area contributed by atoms with Crippen molar-refractivity contribution < 1.29 is 0 Å². The molecule has 1 aromatic carbocycles. The van der Waals surface area contributed by atoms with Crippen LogP contribution in [0.1, 0.15) is 27.7 Å². The Kier molecular flexibility index (Phi) is 4.83. The number of hydrogen-bond donors (Lipinski definition) is 1. The maximum Gasteiger partial charge on any atom is 0.184 e. The minimum atomic E-state index is 0.503. The number of benzene rings is 1. The second-order valence-corrected chi connectivity index (χ2v) is 7.12. The molecule has 0 fully saturated rings. The van der Waals surface area contributed by atoms with Gasteiger partial charge in [-0.25, -0.2) is 9.97 Å². The van der Waals surface area contributed by atoms with Gasteiger partial charge in [-0.05, 0) is 24.0 Å². The molecule has 7 nitrogen and oxygen atoms in total. The molecule has 7 heteroatoms. The summed E-state index contributed by atoms with van der Waals surface area (Å²) in [5.74, 6) is 2.33. The van der Waals surface area contributed by atoms with E-state index in [1.54, 1.807) is 11.0 Å². The lowest BCUT2D eigenvalue weighted by atomic mass is 10.1. The van der Waals surface area contributed by atoms with Crippen LogP contribution >= 0.6 is 0 Å². The predicted octanol–water partition coefficient (Wildman–Crippen LogP) is 2.91. The topological polar surface area (TPSA) is 85.8 Å². The Morgan fingerprint density at radius 2 is 1.72 bits per heavy atom. The predicted molar refractivity (Wildman–Crippen MR) is 101 cm³/mol. The highest BCUT2D eigenvalue weighted by Gasteiger charge is 2.19. The van der Waals surface area contributed by atoms with Crippen molar-refractivity contribution in [3.63, 3.8) is 0 Å². The minimum Gasteiger partial charge on any atom is -0.393 e. The molecular formula is C18H25N7. The Morgan fingerprint density at radius 1 is 1.04 bits per heavy atom. The Hall–Kier alpha value is -2.70. The summed E-state index contributed by atoms with van der Waals surface area (Å²) in [7, 11) is 0. The number of nitrogens with zero attached hydrogens (tertiary/aromatic N) is 6. The normalized spacial score (nSPS) is 11.6. The van der Waals surface area contributed by atoms with E-state index in [1.165, 1.54) is 0 Å². The second-order valence-electron chi connectivity index (χ2n) is 7.12. The SMILES string of the molecule is CC(C)CN(CC(C)C)c1ncnc(-n2nnc3ccccc32)c1N. The number of fused-ring (bicyclic) bond motifs is 1. The molecule has 0 saturated heterocycles. The number of aromatic nitrogens is 5. The summed E-state index contributed by atoms with van der Waals surface area (Å²) in [6, 6.07) is 7.75. The first kappa shape index (κ1) is 17.1. The lowest BCUT2D eigenvalue weighted by Crippen LogP contribution is -2.33. The fraction of sp³-hybridized carbons (Fsp3) is 0.444. The van der Waals surface area contributed by atoms with Crippen LogP contribution in [0.4, 0.5) is 11.5 Å². The summed E-state index contributed by atoms with van der Waals surface area (Å²) in [6.07, 6.45) is 1.55. The molecule has 2 heterocycles. The van der Waals surface area contributed by atoms with E-state index in [0.29, 0.717) is 23.3 Å². The van der Waals surface area contributed by atoms with Gasteiger partial charge in [-0.3, -0.25) is 0 Å². The lowest BCUT2D eigenvalue weighted by molar-refractivity contribution is 0.548. The monoisotopic (exact) mass is 339 g/mol. The van der Waals surface area contributed by atoms with E-state index in [9.17, 15) is 0 Å². The zero-order valence-electron chi connectivity index (χ0n) is 15.2. The third-order valence-corrected chi connectivity index (χ3v) is 3.86. The van der Waals surface area contributed by atoms with Gasteiger partial charge in [0.2, 0.25) is 0 Å². The van der Waals surface area contributed by atoms with Gasteiger partial charge in [0.15, 0.2) is 11.6 Å². The van der Waals surface area contributed by atoms with Crippen LogP contribution in [0.5, 0.6) is 0 Å². The molecule has 0 amide bonds. The van der Waals surface area contributed by atoms with Crippen molar-refractivity contribution in [2.75, 3.05) is 23.7 Å². The summed E-state index contributed by atoms with van der Waals surface area (Å²) >= 11 is 0. The van der Waals surface area contributed by atoms with Crippen LogP contribution < -0.4 is 10.6 Å². The Labute approximate surface area is 147 Å².